The minimum Gasteiger partial charge on any atom is -0.329 e. The van der Waals surface area contributed by atoms with Gasteiger partial charge in [0.1, 0.15) is 0 Å². The average molecular weight is 218 g/mol. The van der Waals surface area contributed by atoms with Crippen LogP contribution < -0.4 is 5.73 Å². The van der Waals surface area contributed by atoms with Crippen LogP contribution in [0.25, 0.3) is 0 Å². The van der Waals surface area contributed by atoms with Crippen molar-refractivity contribution in [1.29, 1.82) is 0 Å². The summed E-state index contributed by atoms with van der Waals surface area (Å²) in [7, 11) is 0. The summed E-state index contributed by atoms with van der Waals surface area (Å²) in [5.74, 6) is 0. The van der Waals surface area contributed by atoms with Crippen LogP contribution in [0.3, 0.4) is 0 Å². The molecule has 2 nitrogen and oxygen atoms in total. The first-order valence-corrected chi connectivity index (χ1v) is 6.11. The molecule has 0 aliphatic carbocycles. The molecule has 1 unspecified atom stereocenters. The predicted molar refractivity (Wildman–Crippen MR) is 68.2 cm³/mol. The lowest BCUT2D eigenvalue weighted by Crippen LogP contribution is -2.33. The average Bonchev–Trinajstić information content (AvgIpc) is 2.62. The van der Waals surface area contributed by atoms with Crippen LogP contribution in [0.2, 0.25) is 0 Å². The number of hydrogen-bond donors (Lipinski definition) is 1. The minimum absolute atomic E-state index is 0.392. The molecule has 1 aliphatic rings. The van der Waals surface area contributed by atoms with Crippen molar-refractivity contribution in [2.75, 3.05) is 19.6 Å². The SMILES string of the molecule is CC1(C)CCN(C(CN)c2ccccc2)C1. The molecule has 1 aliphatic heterocycles. The number of likely N-dealkylation sites (tertiary alicyclic amines) is 1. The lowest BCUT2D eigenvalue weighted by Gasteiger charge is -2.28. The predicted octanol–water partition coefficient (Wildman–Crippen LogP) is 2.42. The maximum absolute atomic E-state index is 5.93. The fraction of sp³-hybridized carbons (Fsp3) is 0.571. The zero-order chi connectivity index (χ0) is 11.6. The third-order valence-electron chi connectivity index (χ3n) is 3.56. The van der Waals surface area contributed by atoms with Crippen molar-refractivity contribution in [3.63, 3.8) is 0 Å². The van der Waals surface area contributed by atoms with Gasteiger partial charge in [0.05, 0.1) is 0 Å². The molecular weight excluding hydrogens is 196 g/mol. The van der Waals surface area contributed by atoms with Crippen molar-refractivity contribution >= 4 is 0 Å². The van der Waals surface area contributed by atoms with Gasteiger partial charge in [0.15, 0.2) is 0 Å². The number of hydrogen-bond acceptors (Lipinski definition) is 2. The summed E-state index contributed by atoms with van der Waals surface area (Å²) in [5.41, 5.74) is 7.73. The van der Waals surface area contributed by atoms with Crippen molar-refractivity contribution in [3.05, 3.63) is 35.9 Å². The third-order valence-corrected chi connectivity index (χ3v) is 3.56. The monoisotopic (exact) mass is 218 g/mol. The Hall–Kier alpha value is -0.860. The normalized spacial score (nSPS) is 22.2. The summed E-state index contributed by atoms with van der Waals surface area (Å²) in [6, 6.07) is 11.0. The fourth-order valence-corrected chi connectivity index (χ4v) is 2.59. The molecule has 1 aromatic rings. The van der Waals surface area contributed by atoms with E-state index in [0.717, 1.165) is 6.54 Å². The number of rotatable bonds is 3. The van der Waals surface area contributed by atoms with E-state index in [1.165, 1.54) is 18.5 Å². The van der Waals surface area contributed by atoms with E-state index in [1.807, 2.05) is 0 Å². The molecule has 0 radical (unpaired) electrons. The summed E-state index contributed by atoms with van der Waals surface area (Å²) in [6.45, 7) is 7.71. The number of nitrogens with zero attached hydrogens (tertiary/aromatic N) is 1. The summed E-state index contributed by atoms with van der Waals surface area (Å²) >= 11 is 0. The maximum atomic E-state index is 5.93. The van der Waals surface area contributed by atoms with Gasteiger partial charge < -0.3 is 5.73 Å². The third kappa shape index (κ3) is 2.45. The van der Waals surface area contributed by atoms with Gasteiger partial charge in [-0.3, -0.25) is 4.90 Å². The van der Waals surface area contributed by atoms with Crippen molar-refractivity contribution in [2.24, 2.45) is 11.1 Å². The van der Waals surface area contributed by atoms with Crippen LogP contribution in [0, 0.1) is 5.41 Å². The van der Waals surface area contributed by atoms with E-state index in [1.54, 1.807) is 0 Å². The Bertz CT molecular complexity index is 332. The molecule has 1 saturated heterocycles. The number of benzene rings is 1. The fourth-order valence-electron chi connectivity index (χ4n) is 2.59. The molecule has 1 aromatic carbocycles. The molecule has 0 bridgehead atoms. The second kappa shape index (κ2) is 4.56. The molecule has 0 amide bonds. The van der Waals surface area contributed by atoms with Gasteiger partial charge in [-0.1, -0.05) is 44.2 Å². The molecule has 16 heavy (non-hydrogen) atoms. The van der Waals surface area contributed by atoms with Crippen LogP contribution in [-0.4, -0.2) is 24.5 Å². The molecule has 0 saturated carbocycles. The van der Waals surface area contributed by atoms with Crippen LogP contribution in [-0.2, 0) is 0 Å². The van der Waals surface area contributed by atoms with Gasteiger partial charge in [0.25, 0.3) is 0 Å². The van der Waals surface area contributed by atoms with E-state index >= 15 is 0 Å². The Balaban J connectivity index is 2.13. The van der Waals surface area contributed by atoms with E-state index in [-0.39, 0.29) is 0 Å². The lowest BCUT2D eigenvalue weighted by atomic mass is 9.93. The zero-order valence-corrected chi connectivity index (χ0v) is 10.3. The quantitative estimate of drug-likeness (QED) is 0.844. The van der Waals surface area contributed by atoms with Gasteiger partial charge in [0.2, 0.25) is 0 Å². The van der Waals surface area contributed by atoms with E-state index in [2.05, 4.69) is 49.1 Å². The van der Waals surface area contributed by atoms with Gasteiger partial charge in [0, 0.05) is 19.1 Å². The molecule has 2 heteroatoms. The molecular formula is C14H22N2. The molecule has 88 valence electrons. The minimum atomic E-state index is 0.392. The van der Waals surface area contributed by atoms with Gasteiger partial charge in [-0.05, 0) is 23.9 Å². The summed E-state index contributed by atoms with van der Waals surface area (Å²) in [4.78, 5) is 2.52. The van der Waals surface area contributed by atoms with Gasteiger partial charge in [-0.25, -0.2) is 0 Å². The Morgan fingerprint density at radius 2 is 2.00 bits per heavy atom. The Morgan fingerprint density at radius 3 is 2.50 bits per heavy atom. The largest absolute Gasteiger partial charge is 0.329 e. The molecule has 2 rings (SSSR count). The highest BCUT2D eigenvalue weighted by Crippen LogP contribution is 2.34. The van der Waals surface area contributed by atoms with E-state index in [9.17, 15) is 0 Å². The molecule has 0 spiro atoms. The van der Waals surface area contributed by atoms with Crippen LogP contribution in [0.5, 0.6) is 0 Å². The van der Waals surface area contributed by atoms with Crippen molar-refractivity contribution in [1.82, 2.24) is 4.90 Å². The van der Waals surface area contributed by atoms with Crippen LogP contribution in [0.4, 0.5) is 0 Å². The smallest absolute Gasteiger partial charge is 0.0470 e. The van der Waals surface area contributed by atoms with Crippen LogP contribution in [0.1, 0.15) is 31.9 Å². The Labute approximate surface area is 98.4 Å². The van der Waals surface area contributed by atoms with Crippen LogP contribution in [0.15, 0.2) is 30.3 Å². The molecule has 1 atom stereocenters. The molecule has 1 fully saturated rings. The molecule has 1 heterocycles. The highest BCUT2D eigenvalue weighted by molar-refractivity contribution is 5.19. The van der Waals surface area contributed by atoms with E-state index in [0.29, 0.717) is 18.0 Å². The Kier molecular flexibility index (Phi) is 3.31. The first kappa shape index (κ1) is 11.6. The van der Waals surface area contributed by atoms with E-state index in [4.69, 9.17) is 5.73 Å². The Morgan fingerprint density at radius 1 is 1.31 bits per heavy atom. The first-order chi connectivity index (χ1) is 7.62. The standard InChI is InChI=1S/C14H22N2/c1-14(2)8-9-16(11-14)13(10-15)12-6-4-3-5-7-12/h3-7,13H,8-11,15H2,1-2H3. The summed E-state index contributed by atoms with van der Waals surface area (Å²) < 4.78 is 0. The molecule has 0 aromatic heterocycles. The highest BCUT2D eigenvalue weighted by Gasteiger charge is 2.33. The van der Waals surface area contributed by atoms with Gasteiger partial charge >= 0.3 is 0 Å². The number of nitrogens with two attached hydrogens (primary N) is 1. The summed E-state index contributed by atoms with van der Waals surface area (Å²) in [5, 5.41) is 0. The van der Waals surface area contributed by atoms with Crippen molar-refractivity contribution in [2.45, 2.75) is 26.3 Å². The second-order valence-electron chi connectivity index (χ2n) is 5.55. The lowest BCUT2D eigenvalue weighted by molar-refractivity contribution is 0.223. The zero-order valence-electron chi connectivity index (χ0n) is 10.3. The highest BCUT2D eigenvalue weighted by atomic mass is 15.2. The second-order valence-corrected chi connectivity index (χ2v) is 5.55. The van der Waals surface area contributed by atoms with Crippen molar-refractivity contribution < 1.29 is 0 Å². The van der Waals surface area contributed by atoms with Gasteiger partial charge in [-0.2, -0.15) is 0 Å². The first-order valence-electron chi connectivity index (χ1n) is 6.11. The maximum Gasteiger partial charge on any atom is 0.0470 e. The van der Waals surface area contributed by atoms with Gasteiger partial charge in [-0.15, -0.1) is 0 Å². The summed E-state index contributed by atoms with van der Waals surface area (Å²) in [6.07, 6.45) is 1.27. The van der Waals surface area contributed by atoms with Crippen LogP contribution >= 0.6 is 0 Å². The van der Waals surface area contributed by atoms with Crippen molar-refractivity contribution in [3.8, 4) is 0 Å². The topological polar surface area (TPSA) is 29.3 Å². The van der Waals surface area contributed by atoms with E-state index < -0.39 is 0 Å². The molecule has 2 N–H and O–H groups in total.